The Morgan fingerprint density at radius 2 is 1.30 bits per heavy atom. The van der Waals surface area contributed by atoms with E-state index in [4.69, 9.17) is 4.74 Å². The van der Waals surface area contributed by atoms with Gasteiger partial charge in [0.1, 0.15) is 0 Å². The van der Waals surface area contributed by atoms with Crippen molar-refractivity contribution in [3.05, 3.63) is 59.7 Å². The minimum Gasteiger partial charge on any atom is -0.466 e. The molecule has 0 aliphatic carbocycles. The molecule has 0 unspecified atom stereocenters. The van der Waals surface area contributed by atoms with Crippen LogP contribution in [-0.4, -0.2) is 24.7 Å². The topological polar surface area (TPSA) is 85.2 Å². The number of ether oxygens (including phenoxy) is 1. The Hall–Kier alpha value is -3.33. The summed E-state index contributed by atoms with van der Waals surface area (Å²) in [6.45, 7) is 0.638. The second kappa shape index (κ2) is 11.3. The van der Waals surface area contributed by atoms with Crippen molar-refractivity contribution in [1.82, 2.24) is 0 Å². The van der Waals surface area contributed by atoms with Crippen molar-refractivity contribution in [2.75, 3.05) is 6.61 Å². The molecule has 0 bridgehead atoms. The van der Waals surface area contributed by atoms with Gasteiger partial charge in [-0.1, -0.05) is 24.3 Å². The molecule has 0 spiro atoms. The number of aliphatic imine (C=N–C) groups is 2. The number of hydrogen-bond donors (Lipinski definition) is 0. The molecule has 3 rings (SSSR count). The predicted molar refractivity (Wildman–Crippen MR) is 101 cm³/mol. The average molecular weight is 364 g/mol. The van der Waals surface area contributed by atoms with E-state index < -0.39 is 0 Å². The molecule has 138 valence electrons. The molecule has 1 aliphatic heterocycles. The van der Waals surface area contributed by atoms with Gasteiger partial charge in [0.25, 0.3) is 0 Å². The summed E-state index contributed by atoms with van der Waals surface area (Å²) in [5, 5.41) is 0. The summed E-state index contributed by atoms with van der Waals surface area (Å²) >= 11 is 0. The van der Waals surface area contributed by atoms with Crippen molar-refractivity contribution >= 4 is 29.5 Å². The summed E-state index contributed by atoms with van der Waals surface area (Å²) in [5.74, 6) is -0.0255. The fraction of sp³-hybridized carbons (Fsp3) is 0.286. The monoisotopic (exact) mass is 364 g/mol. The largest absolute Gasteiger partial charge is 0.466 e. The first-order valence-electron chi connectivity index (χ1n) is 8.70. The van der Waals surface area contributed by atoms with Crippen molar-refractivity contribution in [2.45, 2.75) is 32.1 Å². The van der Waals surface area contributed by atoms with Gasteiger partial charge in [-0.15, -0.1) is 0 Å². The molecule has 6 nitrogen and oxygen atoms in total. The first kappa shape index (κ1) is 20.0. The van der Waals surface area contributed by atoms with Gasteiger partial charge in [-0.05, 0) is 61.1 Å². The number of nitrogens with zero attached hydrogens (tertiary/aromatic N) is 2. The molecule has 1 saturated heterocycles. The number of hydrogen-bond acceptors (Lipinski definition) is 6. The fourth-order valence-electron chi connectivity index (χ4n) is 2.52. The number of carbonyl (C=O) groups is 1. The van der Waals surface area contributed by atoms with Gasteiger partial charge in [-0.2, -0.15) is 9.98 Å². The summed E-state index contributed by atoms with van der Waals surface area (Å²) in [7, 11) is 0. The third kappa shape index (κ3) is 7.61. The molecule has 0 saturated carbocycles. The van der Waals surface area contributed by atoms with Crippen LogP contribution in [0.3, 0.4) is 0 Å². The summed E-state index contributed by atoms with van der Waals surface area (Å²) in [4.78, 5) is 37.7. The Bertz CT molecular complexity index is 762. The highest BCUT2D eigenvalue weighted by atomic mass is 16.5. The minimum absolute atomic E-state index is 0.0255. The maximum atomic E-state index is 10.5. The van der Waals surface area contributed by atoms with E-state index in [9.17, 15) is 14.4 Å². The lowest BCUT2D eigenvalue weighted by Crippen LogP contribution is -2.00. The predicted octanol–water partition coefficient (Wildman–Crippen LogP) is 4.32. The van der Waals surface area contributed by atoms with Crippen LogP contribution in [0.1, 0.15) is 36.8 Å². The molecular formula is C21H20N2O4. The lowest BCUT2D eigenvalue weighted by Gasteiger charge is -2.02. The van der Waals surface area contributed by atoms with E-state index in [1.165, 1.54) is 12.2 Å². The van der Waals surface area contributed by atoms with E-state index >= 15 is 0 Å². The SMILES string of the molecule is O=C1CCCCCO1.O=C=Nc1ccc(Cc2ccc(N=C=O)cc2)cc1. The number of cyclic esters (lactones) is 1. The van der Waals surface area contributed by atoms with Crippen LogP contribution in [0.4, 0.5) is 11.4 Å². The zero-order valence-corrected chi connectivity index (χ0v) is 14.9. The minimum atomic E-state index is -0.0255. The molecular weight excluding hydrogens is 344 g/mol. The third-order valence-corrected chi connectivity index (χ3v) is 3.92. The molecule has 0 amide bonds. The van der Waals surface area contributed by atoms with Gasteiger partial charge in [-0.25, -0.2) is 9.59 Å². The molecule has 1 aliphatic rings. The third-order valence-electron chi connectivity index (χ3n) is 3.92. The van der Waals surface area contributed by atoms with E-state index in [1.54, 1.807) is 24.3 Å². The highest BCUT2D eigenvalue weighted by molar-refractivity contribution is 5.69. The molecule has 27 heavy (non-hydrogen) atoms. The van der Waals surface area contributed by atoms with Gasteiger partial charge < -0.3 is 4.74 Å². The van der Waals surface area contributed by atoms with Gasteiger partial charge in [0.2, 0.25) is 12.2 Å². The van der Waals surface area contributed by atoms with Crippen LogP contribution >= 0.6 is 0 Å². The van der Waals surface area contributed by atoms with Gasteiger partial charge in [0.15, 0.2) is 0 Å². The fourth-order valence-corrected chi connectivity index (χ4v) is 2.52. The van der Waals surface area contributed by atoms with Crippen LogP contribution in [0.15, 0.2) is 58.5 Å². The van der Waals surface area contributed by atoms with Crippen molar-refractivity contribution in [2.24, 2.45) is 9.98 Å². The van der Waals surface area contributed by atoms with E-state index in [1.807, 2.05) is 24.3 Å². The van der Waals surface area contributed by atoms with Gasteiger partial charge in [0, 0.05) is 6.42 Å². The van der Waals surface area contributed by atoms with Crippen LogP contribution < -0.4 is 0 Å². The standard InChI is InChI=1S/C15H10N2O2.C6H10O2/c18-10-16-14-5-1-12(2-6-14)9-13-3-7-15(8-4-13)17-11-19;7-6-4-2-1-3-5-8-6/h1-8H,9H2;1-5H2. The summed E-state index contributed by atoms with van der Waals surface area (Å²) in [5.41, 5.74) is 3.40. The average Bonchev–Trinajstić information content (AvgIpc) is 2.93. The maximum Gasteiger partial charge on any atom is 0.305 e. The van der Waals surface area contributed by atoms with Gasteiger partial charge in [-0.3, -0.25) is 4.79 Å². The van der Waals surface area contributed by atoms with Crippen LogP contribution in [0, 0.1) is 0 Å². The van der Waals surface area contributed by atoms with Crippen molar-refractivity contribution in [3.63, 3.8) is 0 Å². The Morgan fingerprint density at radius 3 is 1.78 bits per heavy atom. The van der Waals surface area contributed by atoms with E-state index in [-0.39, 0.29) is 5.97 Å². The molecule has 0 N–H and O–H groups in total. The molecule has 6 heteroatoms. The van der Waals surface area contributed by atoms with Gasteiger partial charge >= 0.3 is 5.97 Å². The van der Waals surface area contributed by atoms with Crippen molar-refractivity contribution < 1.29 is 19.1 Å². The van der Waals surface area contributed by atoms with Crippen LogP contribution in [0.2, 0.25) is 0 Å². The van der Waals surface area contributed by atoms with Crippen molar-refractivity contribution in [3.8, 4) is 0 Å². The number of benzene rings is 2. The number of isocyanates is 2. The summed E-state index contributed by atoms with van der Waals surface area (Å²) in [6.07, 6.45) is 7.60. The Balaban J connectivity index is 0.000000273. The van der Waals surface area contributed by atoms with Crippen LogP contribution in [-0.2, 0) is 25.5 Å². The van der Waals surface area contributed by atoms with E-state index in [0.29, 0.717) is 24.4 Å². The molecule has 0 radical (unpaired) electrons. The molecule has 2 aromatic carbocycles. The quantitative estimate of drug-likeness (QED) is 0.459. The Kier molecular flexibility index (Phi) is 8.38. The number of esters is 1. The highest BCUT2D eigenvalue weighted by Gasteiger charge is 2.05. The Morgan fingerprint density at radius 1 is 0.778 bits per heavy atom. The molecule has 2 aromatic rings. The highest BCUT2D eigenvalue weighted by Crippen LogP contribution is 2.17. The van der Waals surface area contributed by atoms with Crippen molar-refractivity contribution in [1.29, 1.82) is 0 Å². The lowest BCUT2D eigenvalue weighted by molar-refractivity contribution is -0.142. The number of carbonyl (C=O) groups excluding carboxylic acids is 3. The Labute approximate surface area is 157 Å². The zero-order chi connectivity index (χ0) is 19.3. The smallest absolute Gasteiger partial charge is 0.305 e. The van der Waals surface area contributed by atoms with Crippen LogP contribution in [0.5, 0.6) is 0 Å². The molecule has 0 atom stereocenters. The summed E-state index contributed by atoms with van der Waals surface area (Å²) < 4.78 is 4.76. The summed E-state index contributed by atoms with van der Waals surface area (Å²) in [6, 6.07) is 14.7. The zero-order valence-electron chi connectivity index (χ0n) is 14.9. The lowest BCUT2D eigenvalue weighted by atomic mass is 10.0. The number of rotatable bonds is 4. The first-order chi connectivity index (χ1) is 13.2. The maximum absolute atomic E-state index is 10.5. The second-order valence-corrected chi connectivity index (χ2v) is 5.95. The van der Waals surface area contributed by atoms with Crippen LogP contribution in [0.25, 0.3) is 0 Å². The first-order valence-corrected chi connectivity index (χ1v) is 8.70. The molecule has 1 fully saturated rings. The van der Waals surface area contributed by atoms with E-state index in [0.717, 1.165) is 36.8 Å². The van der Waals surface area contributed by atoms with Gasteiger partial charge in [0.05, 0.1) is 18.0 Å². The second-order valence-electron chi connectivity index (χ2n) is 5.95. The molecule has 0 aromatic heterocycles. The van der Waals surface area contributed by atoms with E-state index in [2.05, 4.69) is 9.98 Å². The normalized spacial score (nSPS) is 13.0. The molecule has 1 heterocycles.